The molecule has 17 heavy (non-hydrogen) atoms. The number of aryl methyl sites for hydroxylation is 2. The normalized spacial score (nSPS) is 14.9. The quantitative estimate of drug-likeness (QED) is 0.761. The monoisotopic (exact) mass is 237 g/mol. The predicted octanol–water partition coefficient (Wildman–Crippen LogP) is 4.37. The second-order valence-electron chi connectivity index (χ2n) is 5.14. The fourth-order valence-electron chi connectivity index (χ4n) is 1.96. The first-order valence-electron chi connectivity index (χ1n) is 6.88. The molecule has 0 amide bonds. The van der Waals surface area contributed by atoms with Gasteiger partial charge in [-0.05, 0) is 50.8 Å². The summed E-state index contributed by atoms with van der Waals surface area (Å²) < 4.78 is 5.86. The predicted molar refractivity (Wildman–Crippen MR) is 73.3 cm³/mol. The molecular weight excluding hydrogens is 210 g/mol. The maximum absolute atomic E-state index is 5.86. The molecule has 1 N–H and O–H groups in total. The SMILES string of the molecule is CCCNC(CC(C)CC)c1cc(C)c(C)o1. The van der Waals surface area contributed by atoms with Crippen molar-refractivity contribution in [1.82, 2.24) is 5.32 Å². The lowest BCUT2D eigenvalue weighted by Gasteiger charge is -2.19. The van der Waals surface area contributed by atoms with E-state index < -0.39 is 0 Å². The summed E-state index contributed by atoms with van der Waals surface area (Å²) in [6, 6.07) is 2.56. The number of furan rings is 1. The molecule has 1 heterocycles. The second-order valence-corrected chi connectivity index (χ2v) is 5.14. The molecule has 0 spiro atoms. The zero-order chi connectivity index (χ0) is 12.8. The fraction of sp³-hybridized carbons (Fsp3) is 0.733. The molecule has 0 aliphatic carbocycles. The van der Waals surface area contributed by atoms with Gasteiger partial charge in [0.15, 0.2) is 0 Å². The van der Waals surface area contributed by atoms with Crippen molar-refractivity contribution in [2.45, 2.75) is 59.9 Å². The molecule has 2 unspecified atom stereocenters. The molecule has 0 aromatic carbocycles. The van der Waals surface area contributed by atoms with Gasteiger partial charge in [-0.25, -0.2) is 0 Å². The third-order valence-corrected chi connectivity index (χ3v) is 3.50. The van der Waals surface area contributed by atoms with Gasteiger partial charge >= 0.3 is 0 Å². The summed E-state index contributed by atoms with van der Waals surface area (Å²) in [5, 5.41) is 3.60. The van der Waals surface area contributed by atoms with Crippen molar-refractivity contribution in [1.29, 1.82) is 0 Å². The van der Waals surface area contributed by atoms with E-state index in [9.17, 15) is 0 Å². The van der Waals surface area contributed by atoms with Crippen LogP contribution in [0.25, 0.3) is 0 Å². The summed E-state index contributed by atoms with van der Waals surface area (Å²) in [5.74, 6) is 2.89. The number of rotatable bonds is 7. The Bertz CT molecular complexity index is 310. The molecule has 0 aliphatic rings. The van der Waals surface area contributed by atoms with Crippen LogP contribution in [0.4, 0.5) is 0 Å². The topological polar surface area (TPSA) is 25.2 Å². The van der Waals surface area contributed by atoms with Crippen LogP contribution in [-0.2, 0) is 0 Å². The lowest BCUT2D eigenvalue weighted by atomic mass is 9.97. The molecule has 2 heteroatoms. The largest absolute Gasteiger partial charge is 0.464 e. The molecule has 2 nitrogen and oxygen atoms in total. The molecule has 1 rings (SSSR count). The van der Waals surface area contributed by atoms with E-state index in [1.54, 1.807) is 0 Å². The van der Waals surface area contributed by atoms with Gasteiger partial charge in [0.2, 0.25) is 0 Å². The third kappa shape index (κ3) is 4.19. The zero-order valence-corrected chi connectivity index (χ0v) is 12.0. The van der Waals surface area contributed by atoms with Crippen LogP contribution in [0, 0.1) is 19.8 Å². The first-order chi connectivity index (χ1) is 8.08. The highest BCUT2D eigenvalue weighted by atomic mass is 16.3. The van der Waals surface area contributed by atoms with E-state index in [0.29, 0.717) is 6.04 Å². The standard InChI is InChI=1S/C15H27NO/c1-6-8-16-14(9-11(3)7-2)15-10-12(4)13(5)17-15/h10-11,14,16H,6-9H2,1-5H3. The highest BCUT2D eigenvalue weighted by Crippen LogP contribution is 2.26. The lowest BCUT2D eigenvalue weighted by Crippen LogP contribution is -2.23. The van der Waals surface area contributed by atoms with E-state index in [1.165, 1.54) is 12.0 Å². The van der Waals surface area contributed by atoms with Crippen LogP contribution in [0.1, 0.15) is 63.2 Å². The van der Waals surface area contributed by atoms with Crippen molar-refractivity contribution in [3.63, 3.8) is 0 Å². The molecule has 1 aromatic rings. The molecule has 0 saturated carbocycles. The van der Waals surface area contributed by atoms with Crippen LogP contribution in [0.2, 0.25) is 0 Å². The van der Waals surface area contributed by atoms with Crippen LogP contribution in [0.5, 0.6) is 0 Å². The van der Waals surface area contributed by atoms with Crippen molar-refractivity contribution in [2.75, 3.05) is 6.54 Å². The summed E-state index contributed by atoms with van der Waals surface area (Å²) in [4.78, 5) is 0. The first kappa shape index (κ1) is 14.3. The van der Waals surface area contributed by atoms with Crippen LogP contribution in [-0.4, -0.2) is 6.54 Å². The molecule has 1 aromatic heterocycles. The van der Waals surface area contributed by atoms with Crippen molar-refractivity contribution >= 4 is 0 Å². The smallest absolute Gasteiger partial charge is 0.121 e. The highest BCUT2D eigenvalue weighted by Gasteiger charge is 2.18. The van der Waals surface area contributed by atoms with Gasteiger partial charge in [-0.3, -0.25) is 0 Å². The summed E-state index contributed by atoms with van der Waals surface area (Å²) in [5.41, 5.74) is 1.26. The lowest BCUT2D eigenvalue weighted by molar-refractivity contribution is 0.341. The maximum Gasteiger partial charge on any atom is 0.121 e. The average molecular weight is 237 g/mol. The molecule has 98 valence electrons. The number of nitrogens with one attached hydrogen (secondary N) is 1. The summed E-state index contributed by atoms with van der Waals surface area (Å²) >= 11 is 0. The number of hydrogen-bond acceptors (Lipinski definition) is 2. The molecular formula is C15H27NO. The molecule has 0 aliphatic heterocycles. The molecule has 2 atom stereocenters. The van der Waals surface area contributed by atoms with Gasteiger partial charge in [-0.15, -0.1) is 0 Å². The zero-order valence-electron chi connectivity index (χ0n) is 12.0. The van der Waals surface area contributed by atoms with Crippen LogP contribution in [0.15, 0.2) is 10.5 Å². The van der Waals surface area contributed by atoms with Gasteiger partial charge in [-0.2, -0.15) is 0 Å². The van der Waals surface area contributed by atoms with E-state index in [1.807, 2.05) is 6.92 Å². The van der Waals surface area contributed by atoms with E-state index >= 15 is 0 Å². The summed E-state index contributed by atoms with van der Waals surface area (Å²) in [6.07, 6.45) is 3.54. The Morgan fingerprint density at radius 3 is 2.47 bits per heavy atom. The van der Waals surface area contributed by atoms with E-state index in [-0.39, 0.29) is 0 Å². The van der Waals surface area contributed by atoms with Crippen LogP contribution < -0.4 is 5.32 Å². The molecule has 0 fully saturated rings. The van der Waals surface area contributed by atoms with E-state index in [0.717, 1.165) is 36.8 Å². The average Bonchev–Trinajstić information content (AvgIpc) is 2.64. The van der Waals surface area contributed by atoms with Gasteiger partial charge in [0.05, 0.1) is 6.04 Å². The minimum atomic E-state index is 0.372. The Labute approximate surface area is 106 Å². The Kier molecular flexibility index (Phi) is 5.76. The Morgan fingerprint density at radius 1 is 1.29 bits per heavy atom. The Morgan fingerprint density at radius 2 is 2.00 bits per heavy atom. The van der Waals surface area contributed by atoms with E-state index in [4.69, 9.17) is 4.42 Å². The minimum absolute atomic E-state index is 0.372. The first-order valence-corrected chi connectivity index (χ1v) is 6.88. The van der Waals surface area contributed by atoms with Gasteiger partial charge < -0.3 is 9.73 Å². The Hall–Kier alpha value is -0.760. The second kappa shape index (κ2) is 6.85. The van der Waals surface area contributed by atoms with Crippen molar-refractivity contribution < 1.29 is 4.42 Å². The van der Waals surface area contributed by atoms with Crippen molar-refractivity contribution in [3.8, 4) is 0 Å². The number of hydrogen-bond donors (Lipinski definition) is 1. The summed E-state index contributed by atoms with van der Waals surface area (Å²) in [7, 11) is 0. The van der Waals surface area contributed by atoms with Crippen molar-refractivity contribution in [2.24, 2.45) is 5.92 Å². The van der Waals surface area contributed by atoms with Gasteiger partial charge in [0.1, 0.15) is 11.5 Å². The van der Waals surface area contributed by atoms with Gasteiger partial charge in [-0.1, -0.05) is 27.2 Å². The third-order valence-electron chi connectivity index (χ3n) is 3.50. The highest BCUT2D eigenvalue weighted by molar-refractivity contribution is 5.20. The minimum Gasteiger partial charge on any atom is -0.464 e. The van der Waals surface area contributed by atoms with Gasteiger partial charge in [0, 0.05) is 0 Å². The van der Waals surface area contributed by atoms with Gasteiger partial charge in [0.25, 0.3) is 0 Å². The van der Waals surface area contributed by atoms with Crippen LogP contribution >= 0.6 is 0 Å². The molecule has 0 saturated heterocycles. The summed E-state index contributed by atoms with van der Waals surface area (Å²) in [6.45, 7) is 12.0. The van der Waals surface area contributed by atoms with E-state index in [2.05, 4.69) is 39.1 Å². The van der Waals surface area contributed by atoms with Crippen LogP contribution in [0.3, 0.4) is 0 Å². The fourth-order valence-corrected chi connectivity index (χ4v) is 1.96. The van der Waals surface area contributed by atoms with Crippen molar-refractivity contribution in [3.05, 3.63) is 23.2 Å². The molecule has 0 radical (unpaired) electrons. The Balaban J connectivity index is 2.74. The molecule has 0 bridgehead atoms. The maximum atomic E-state index is 5.86.